The third kappa shape index (κ3) is 5.04. The molecule has 0 bridgehead atoms. The van der Waals surface area contributed by atoms with Crippen molar-refractivity contribution in [3.8, 4) is 0 Å². The van der Waals surface area contributed by atoms with Crippen LogP contribution in [-0.4, -0.2) is 61.7 Å². The number of hydrogen-bond donors (Lipinski definition) is 0. The fourth-order valence-corrected chi connectivity index (χ4v) is 5.29. The van der Waals surface area contributed by atoms with E-state index in [1.54, 1.807) is 30.2 Å². The molecule has 1 aromatic heterocycles. The molecule has 2 aromatic rings. The molecule has 2 atom stereocenters. The molecule has 32 heavy (non-hydrogen) atoms. The zero-order valence-electron chi connectivity index (χ0n) is 17.8. The second-order valence-corrected chi connectivity index (χ2v) is 9.44. The van der Waals surface area contributed by atoms with Gasteiger partial charge in [0.15, 0.2) is 5.12 Å². The molecule has 11 heteroatoms. The molecule has 10 nitrogen and oxygen atoms in total. The number of anilines is 1. The topological polar surface area (TPSA) is 111 Å². The van der Waals surface area contributed by atoms with E-state index in [4.69, 9.17) is 4.74 Å². The number of amides is 1. The molecule has 1 saturated heterocycles. The first kappa shape index (κ1) is 22.1. The summed E-state index contributed by atoms with van der Waals surface area (Å²) in [5.74, 6) is 1.04. The van der Waals surface area contributed by atoms with Crippen LogP contribution in [0.25, 0.3) is 0 Å². The Morgan fingerprint density at radius 3 is 2.75 bits per heavy atom. The molecule has 3 heterocycles. The average Bonchev–Trinajstić information content (AvgIpc) is 3.39. The number of nitrogens with zero attached hydrogens (tertiary/aromatic N) is 5. The van der Waals surface area contributed by atoms with Crippen molar-refractivity contribution in [2.24, 2.45) is 0 Å². The maximum absolute atomic E-state index is 12.9. The number of ether oxygens (including phenoxy) is 1. The van der Waals surface area contributed by atoms with E-state index >= 15 is 0 Å². The summed E-state index contributed by atoms with van der Waals surface area (Å²) >= 11 is 1.27. The van der Waals surface area contributed by atoms with Gasteiger partial charge in [0.25, 0.3) is 5.69 Å². The Morgan fingerprint density at radius 1 is 1.25 bits per heavy atom. The number of non-ortho nitro benzene ring substituents is 1. The van der Waals surface area contributed by atoms with Crippen LogP contribution in [0.15, 0.2) is 36.5 Å². The molecule has 1 fully saturated rings. The number of nitro benzene ring substituents is 1. The van der Waals surface area contributed by atoms with Crippen LogP contribution in [0.2, 0.25) is 0 Å². The normalized spacial score (nSPS) is 20.2. The van der Waals surface area contributed by atoms with Crippen LogP contribution in [0, 0.1) is 10.1 Å². The Hall–Kier alpha value is -3.08. The van der Waals surface area contributed by atoms with E-state index in [2.05, 4.69) is 10.00 Å². The van der Waals surface area contributed by atoms with Crippen LogP contribution in [0.5, 0.6) is 0 Å². The Bertz CT molecular complexity index is 995. The second kappa shape index (κ2) is 9.60. The zero-order valence-corrected chi connectivity index (χ0v) is 18.6. The number of benzene rings is 1. The molecular weight excluding hydrogens is 434 g/mol. The summed E-state index contributed by atoms with van der Waals surface area (Å²) in [7, 11) is 0. The minimum atomic E-state index is -0.468. The van der Waals surface area contributed by atoms with Gasteiger partial charge in [-0.1, -0.05) is 11.8 Å². The van der Waals surface area contributed by atoms with Crippen LogP contribution in [0.1, 0.15) is 25.3 Å². The molecule has 4 rings (SSSR count). The summed E-state index contributed by atoms with van der Waals surface area (Å²) in [6.07, 6.45) is 3.04. The number of fused-ring (bicyclic) bond motifs is 1. The van der Waals surface area contributed by atoms with E-state index in [-0.39, 0.29) is 28.7 Å². The van der Waals surface area contributed by atoms with Gasteiger partial charge in [-0.2, -0.15) is 5.10 Å². The number of likely N-dealkylation sites (tertiary alicyclic amines) is 1. The van der Waals surface area contributed by atoms with Crippen molar-refractivity contribution in [3.05, 3.63) is 52.2 Å². The lowest BCUT2D eigenvalue weighted by Gasteiger charge is -2.34. The minimum Gasteiger partial charge on any atom is -0.445 e. The van der Waals surface area contributed by atoms with Crippen LogP contribution in [0.3, 0.4) is 0 Å². The van der Waals surface area contributed by atoms with Crippen molar-refractivity contribution in [1.82, 2.24) is 14.7 Å². The van der Waals surface area contributed by atoms with Gasteiger partial charge in [0.05, 0.1) is 17.2 Å². The lowest BCUT2D eigenvalue weighted by atomic mass is 10.2. The van der Waals surface area contributed by atoms with E-state index in [0.29, 0.717) is 25.1 Å². The standard InChI is InChI=1S/C21H25N5O5S/c1-15(27)32-19-11-18(12-23-9-2-10-25-20(23)7-8-22-25)24(13-19)21(28)31-14-16-3-5-17(6-4-16)26(29)30/h3-8,18-19H,2,9-14H2,1H3/t18-,19-/m0/s1. The monoisotopic (exact) mass is 459 g/mol. The lowest BCUT2D eigenvalue weighted by Crippen LogP contribution is -2.45. The molecule has 170 valence electrons. The maximum Gasteiger partial charge on any atom is 0.410 e. The molecule has 1 aromatic carbocycles. The summed E-state index contributed by atoms with van der Waals surface area (Å²) in [6, 6.07) is 7.83. The van der Waals surface area contributed by atoms with E-state index in [1.165, 1.54) is 23.9 Å². The molecule has 0 aliphatic carbocycles. The summed E-state index contributed by atoms with van der Waals surface area (Å²) in [4.78, 5) is 38.9. The fraction of sp³-hybridized carbons (Fsp3) is 0.476. The highest BCUT2D eigenvalue weighted by molar-refractivity contribution is 8.14. The van der Waals surface area contributed by atoms with Crippen molar-refractivity contribution in [3.63, 3.8) is 0 Å². The van der Waals surface area contributed by atoms with Crippen molar-refractivity contribution in [1.29, 1.82) is 0 Å². The van der Waals surface area contributed by atoms with Crippen LogP contribution in [-0.2, 0) is 22.7 Å². The highest BCUT2D eigenvalue weighted by Crippen LogP contribution is 2.31. The van der Waals surface area contributed by atoms with Gasteiger partial charge < -0.3 is 14.5 Å². The molecule has 1 amide bonds. The van der Waals surface area contributed by atoms with Crippen LogP contribution in [0.4, 0.5) is 16.3 Å². The third-order valence-electron chi connectivity index (χ3n) is 5.70. The van der Waals surface area contributed by atoms with E-state index in [0.717, 1.165) is 25.3 Å². The molecule has 0 spiro atoms. The molecule has 2 aliphatic heterocycles. The van der Waals surface area contributed by atoms with Gasteiger partial charge in [-0.15, -0.1) is 0 Å². The van der Waals surface area contributed by atoms with Gasteiger partial charge in [0.1, 0.15) is 12.4 Å². The number of nitro groups is 1. The highest BCUT2D eigenvalue weighted by Gasteiger charge is 2.38. The molecule has 0 unspecified atom stereocenters. The van der Waals surface area contributed by atoms with Gasteiger partial charge in [-0.3, -0.25) is 14.9 Å². The van der Waals surface area contributed by atoms with Gasteiger partial charge in [-0.25, -0.2) is 9.48 Å². The molecule has 0 radical (unpaired) electrons. The van der Waals surface area contributed by atoms with Crippen molar-refractivity contribution >= 4 is 34.5 Å². The summed E-state index contributed by atoms with van der Waals surface area (Å²) in [5, 5.41) is 15.2. The molecular formula is C21H25N5O5S. The van der Waals surface area contributed by atoms with Crippen LogP contribution >= 0.6 is 11.8 Å². The first-order chi connectivity index (χ1) is 15.4. The smallest absolute Gasteiger partial charge is 0.410 e. The number of aryl methyl sites for hydroxylation is 1. The lowest BCUT2D eigenvalue weighted by molar-refractivity contribution is -0.384. The fourth-order valence-electron chi connectivity index (χ4n) is 4.26. The number of carbonyl (C=O) groups excluding carboxylic acids is 2. The minimum absolute atomic E-state index is 0.00967. The van der Waals surface area contributed by atoms with Gasteiger partial charge in [-0.05, 0) is 30.5 Å². The predicted molar refractivity (Wildman–Crippen MR) is 120 cm³/mol. The van der Waals surface area contributed by atoms with Gasteiger partial charge in [0.2, 0.25) is 0 Å². The van der Waals surface area contributed by atoms with E-state index < -0.39 is 11.0 Å². The first-order valence-electron chi connectivity index (χ1n) is 10.5. The van der Waals surface area contributed by atoms with Crippen molar-refractivity contribution in [2.75, 3.05) is 24.5 Å². The Kier molecular flexibility index (Phi) is 6.63. The number of hydrogen-bond acceptors (Lipinski definition) is 8. The average molecular weight is 460 g/mol. The van der Waals surface area contributed by atoms with Crippen molar-refractivity contribution in [2.45, 2.75) is 44.2 Å². The first-order valence-corrected chi connectivity index (χ1v) is 11.4. The number of aromatic nitrogens is 2. The molecule has 0 saturated carbocycles. The Morgan fingerprint density at radius 2 is 2.03 bits per heavy atom. The predicted octanol–water partition coefficient (Wildman–Crippen LogP) is 3.06. The summed E-state index contributed by atoms with van der Waals surface area (Å²) in [5.41, 5.74) is 0.666. The third-order valence-corrected chi connectivity index (χ3v) is 6.71. The van der Waals surface area contributed by atoms with E-state index in [9.17, 15) is 19.7 Å². The second-order valence-electron chi connectivity index (χ2n) is 7.96. The maximum atomic E-state index is 12.9. The summed E-state index contributed by atoms with van der Waals surface area (Å²) in [6.45, 7) is 4.43. The summed E-state index contributed by atoms with van der Waals surface area (Å²) < 4.78 is 7.50. The number of carbonyl (C=O) groups is 2. The quantitative estimate of drug-likeness (QED) is 0.479. The Balaban J connectivity index is 1.42. The van der Waals surface area contributed by atoms with Gasteiger partial charge in [0, 0.05) is 56.6 Å². The molecule has 0 N–H and O–H groups in total. The Labute approximate surface area is 189 Å². The van der Waals surface area contributed by atoms with Crippen LogP contribution < -0.4 is 4.90 Å². The number of thioether (sulfide) groups is 1. The zero-order chi connectivity index (χ0) is 22.7. The van der Waals surface area contributed by atoms with Gasteiger partial charge >= 0.3 is 6.09 Å². The highest BCUT2D eigenvalue weighted by atomic mass is 32.2. The largest absolute Gasteiger partial charge is 0.445 e. The van der Waals surface area contributed by atoms with Crippen molar-refractivity contribution < 1.29 is 19.2 Å². The number of rotatable bonds is 6. The SMILES string of the molecule is CC(=O)S[C@H]1C[C@@H](CN2CCCn3nccc32)N(C(=O)OCc2ccc([N+](=O)[O-])cc2)C1. The molecule has 2 aliphatic rings. The van der Waals surface area contributed by atoms with E-state index in [1.807, 2.05) is 10.7 Å².